The van der Waals surface area contributed by atoms with E-state index in [9.17, 15) is 0 Å². The Hall–Kier alpha value is -0.310. The molecular weight excluding hydrogens is 160 g/mol. The standard InChI is InChI=1S/C8H14O2S/c1-2-10-8(9)7-11-5-3-4-6-11/h7H,2-6H2,1H3/p+1/b8-7+. The highest BCUT2D eigenvalue weighted by atomic mass is 32.2. The van der Waals surface area contributed by atoms with Gasteiger partial charge in [0.05, 0.1) is 6.61 Å². The number of ether oxygens (including phenoxy) is 1. The van der Waals surface area contributed by atoms with Gasteiger partial charge in [0.2, 0.25) is 0 Å². The Morgan fingerprint density at radius 2 is 2.18 bits per heavy atom. The molecule has 0 amide bonds. The SMILES string of the molecule is CCO/C(O)=C/[S+]1CCCC1. The smallest absolute Gasteiger partial charge is 0.326 e. The van der Waals surface area contributed by atoms with Crippen LogP contribution >= 0.6 is 0 Å². The van der Waals surface area contributed by atoms with Gasteiger partial charge >= 0.3 is 5.95 Å². The van der Waals surface area contributed by atoms with Crippen LogP contribution in [0.25, 0.3) is 0 Å². The molecule has 11 heavy (non-hydrogen) atoms. The second-order valence-corrected chi connectivity index (χ2v) is 4.67. The minimum absolute atomic E-state index is 0.123. The van der Waals surface area contributed by atoms with Crippen LogP contribution in [0.1, 0.15) is 19.8 Å². The average Bonchev–Trinajstić information content (AvgIpc) is 2.40. The minimum atomic E-state index is 0.123. The second-order valence-electron chi connectivity index (χ2n) is 2.54. The molecule has 0 aromatic carbocycles. The first-order valence-electron chi connectivity index (χ1n) is 4.03. The molecule has 0 radical (unpaired) electrons. The van der Waals surface area contributed by atoms with Crippen LogP contribution < -0.4 is 0 Å². The van der Waals surface area contributed by atoms with Gasteiger partial charge in [0, 0.05) is 10.9 Å². The van der Waals surface area contributed by atoms with Crippen LogP contribution in [-0.4, -0.2) is 23.2 Å². The zero-order valence-corrected chi connectivity index (χ0v) is 7.69. The number of aliphatic hydroxyl groups is 1. The molecule has 0 atom stereocenters. The van der Waals surface area contributed by atoms with Crippen molar-refractivity contribution >= 4 is 10.9 Å². The summed E-state index contributed by atoms with van der Waals surface area (Å²) in [4.78, 5) is 0. The van der Waals surface area contributed by atoms with Crippen molar-refractivity contribution in [1.82, 2.24) is 0 Å². The Bertz CT molecular complexity index is 139. The molecule has 1 aliphatic heterocycles. The van der Waals surface area contributed by atoms with Crippen LogP contribution in [0.15, 0.2) is 11.4 Å². The molecule has 3 heteroatoms. The van der Waals surface area contributed by atoms with Crippen LogP contribution in [0, 0.1) is 0 Å². The normalized spacial score (nSPS) is 20.6. The van der Waals surface area contributed by atoms with Crippen molar-refractivity contribution in [3.8, 4) is 0 Å². The topological polar surface area (TPSA) is 29.5 Å². The van der Waals surface area contributed by atoms with E-state index in [1.54, 1.807) is 0 Å². The van der Waals surface area contributed by atoms with Gasteiger partial charge in [-0.15, -0.1) is 0 Å². The number of hydrogen-bond donors (Lipinski definition) is 1. The van der Waals surface area contributed by atoms with E-state index >= 15 is 0 Å². The lowest BCUT2D eigenvalue weighted by Crippen LogP contribution is -2.01. The van der Waals surface area contributed by atoms with E-state index in [2.05, 4.69) is 0 Å². The van der Waals surface area contributed by atoms with Crippen LogP contribution in [0.5, 0.6) is 0 Å². The maximum Gasteiger partial charge on any atom is 0.326 e. The lowest BCUT2D eigenvalue weighted by Gasteiger charge is -1.98. The Balaban J connectivity index is 2.30. The van der Waals surface area contributed by atoms with Crippen molar-refractivity contribution in [2.45, 2.75) is 19.8 Å². The van der Waals surface area contributed by atoms with Crippen LogP contribution in [0.4, 0.5) is 0 Å². The Kier molecular flexibility index (Phi) is 3.63. The van der Waals surface area contributed by atoms with Gasteiger partial charge < -0.3 is 9.84 Å². The molecule has 0 spiro atoms. The maximum atomic E-state index is 9.16. The molecule has 0 aromatic rings. The van der Waals surface area contributed by atoms with E-state index in [1.165, 1.54) is 24.3 Å². The molecule has 0 bridgehead atoms. The summed E-state index contributed by atoms with van der Waals surface area (Å²) >= 11 is 0. The van der Waals surface area contributed by atoms with E-state index in [-0.39, 0.29) is 5.95 Å². The highest BCUT2D eigenvalue weighted by molar-refractivity contribution is 7.99. The molecule has 0 aromatic heterocycles. The molecule has 0 aliphatic carbocycles. The van der Waals surface area contributed by atoms with Gasteiger partial charge in [-0.05, 0) is 19.8 Å². The Morgan fingerprint density at radius 1 is 1.55 bits per heavy atom. The first kappa shape index (κ1) is 8.78. The molecule has 0 unspecified atom stereocenters. The number of hydrogen-bond acceptors (Lipinski definition) is 2. The zero-order valence-electron chi connectivity index (χ0n) is 6.88. The van der Waals surface area contributed by atoms with Crippen LogP contribution in [0.3, 0.4) is 0 Å². The summed E-state index contributed by atoms with van der Waals surface area (Å²) in [5, 5.41) is 11.0. The molecule has 2 nitrogen and oxygen atoms in total. The monoisotopic (exact) mass is 175 g/mol. The molecule has 0 saturated carbocycles. The fourth-order valence-electron chi connectivity index (χ4n) is 1.12. The average molecular weight is 175 g/mol. The van der Waals surface area contributed by atoms with Gasteiger partial charge in [-0.2, -0.15) is 0 Å². The summed E-state index contributed by atoms with van der Waals surface area (Å²) in [6.45, 7) is 2.43. The van der Waals surface area contributed by atoms with Crippen molar-refractivity contribution in [3.63, 3.8) is 0 Å². The number of rotatable bonds is 3. The molecule has 1 saturated heterocycles. The van der Waals surface area contributed by atoms with Crippen molar-refractivity contribution < 1.29 is 9.84 Å². The first-order valence-corrected chi connectivity index (χ1v) is 5.65. The van der Waals surface area contributed by atoms with E-state index in [0.717, 1.165) is 0 Å². The fraction of sp³-hybridized carbons (Fsp3) is 0.750. The molecule has 1 aliphatic rings. The summed E-state index contributed by atoms with van der Waals surface area (Å²) in [5.41, 5.74) is 0. The highest BCUT2D eigenvalue weighted by Crippen LogP contribution is 2.15. The van der Waals surface area contributed by atoms with Gasteiger partial charge in [0.1, 0.15) is 11.5 Å². The van der Waals surface area contributed by atoms with Gasteiger partial charge in [-0.1, -0.05) is 0 Å². The van der Waals surface area contributed by atoms with Gasteiger partial charge in [-0.25, -0.2) is 0 Å². The quantitative estimate of drug-likeness (QED) is 0.523. The molecule has 1 fully saturated rings. The lowest BCUT2D eigenvalue weighted by atomic mass is 10.4. The predicted octanol–water partition coefficient (Wildman–Crippen LogP) is 1.79. The highest BCUT2D eigenvalue weighted by Gasteiger charge is 2.23. The van der Waals surface area contributed by atoms with Crippen molar-refractivity contribution in [2.75, 3.05) is 18.1 Å². The first-order chi connectivity index (χ1) is 5.33. The Morgan fingerprint density at radius 3 is 2.73 bits per heavy atom. The van der Waals surface area contributed by atoms with E-state index in [1.807, 2.05) is 12.3 Å². The van der Waals surface area contributed by atoms with Gasteiger partial charge in [0.15, 0.2) is 5.41 Å². The second kappa shape index (κ2) is 4.54. The molecule has 1 rings (SSSR count). The summed E-state index contributed by atoms with van der Waals surface area (Å²) in [6.07, 6.45) is 2.61. The Labute approximate surface area is 70.6 Å². The zero-order chi connectivity index (χ0) is 8.10. The van der Waals surface area contributed by atoms with E-state index in [4.69, 9.17) is 9.84 Å². The summed E-state index contributed by atoms with van der Waals surface area (Å²) in [5.74, 6) is 2.59. The number of aliphatic hydroxyl groups excluding tert-OH is 1. The largest absolute Gasteiger partial charge is 0.478 e. The molecule has 1 N–H and O–H groups in total. The fourth-order valence-corrected chi connectivity index (χ4v) is 3.06. The van der Waals surface area contributed by atoms with E-state index < -0.39 is 0 Å². The summed E-state index contributed by atoms with van der Waals surface area (Å²) in [7, 11) is 0.304. The van der Waals surface area contributed by atoms with Gasteiger partial charge in [0.25, 0.3) is 0 Å². The van der Waals surface area contributed by atoms with Crippen molar-refractivity contribution in [2.24, 2.45) is 0 Å². The third kappa shape index (κ3) is 3.06. The maximum absolute atomic E-state index is 9.16. The van der Waals surface area contributed by atoms with Gasteiger partial charge in [-0.3, -0.25) is 0 Å². The van der Waals surface area contributed by atoms with E-state index in [0.29, 0.717) is 17.5 Å². The minimum Gasteiger partial charge on any atom is -0.478 e. The predicted molar refractivity (Wildman–Crippen MR) is 48.7 cm³/mol. The summed E-state index contributed by atoms with van der Waals surface area (Å²) < 4.78 is 4.93. The van der Waals surface area contributed by atoms with Crippen LogP contribution in [0.2, 0.25) is 0 Å². The van der Waals surface area contributed by atoms with Crippen LogP contribution in [-0.2, 0) is 15.6 Å². The molecule has 1 heterocycles. The third-order valence-corrected chi connectivity index (χ3v) is 3.78. The molecule has 64 valence electrons. The molecular formula is C8H15O2S+. The van der Waals surface area contributed by atoms with Crippen molar-refractivity contribution in [1.29, 1.82) is 0 Å². The van der Waals surface area contributed by atoms with Crippen molar-refractivity contribution in [3.05, 3.63) is 11.4 Å². The lowest BCUT2D eigenvalue weighted by molar-refractivity contribution is 0.104. The third-order valence-electron chi connectivity index (χ3n) is 1.62. The summed E-state index contributed by atoms with van der Waals surface area (Å²) in [6, 6.07) is 0.